The van der Waals surface area contributed by atoms with Gasteiger partial charge in [0.15, 0.2) is 37.7 Å². The first kappa shape index (κ1) is 72.3. The molecule has 6 rings (SSSR count). The van der Waals surface area contributed by atoms with E-state index >= 15 is 0 Å². The van der Waals surface area contributed by atoms with E-state index in [1.54, 1.807) is 0 Å². The lowest BCUT2D eigenvalue weighted by molar-refractivity contribution is -0.369. The number of nitrogens with zero attached hydrogens (tertiary/aromatic N) is 1. The Kier molecular flexibility index (Phi) is 25.8. The van der Waals surface area contributed by atoms with Crippen molar-refractivity contribution in [1.82, 2.24) is 26.2 Å². The van der Waals surface area contributed by atoms with Gasteiger partial charge in [0.05, 0.1) is 46.2 Å². The summed E-state index contributed by atoms with van der Waals surface area (Å²) in [5.41, 5.74) is 0. The molecule has 6 saturated heterocycles. The molecule has 17 N–H and O–H groups in total. The molecular weight excluding hydrogens is 1210 g/mol. The Hall–Kier alpha value is -3.74. The molecule has 87 heavy (non-hydrogen) atoms. The van der Waals surface area contributed by atoms with Gasteiger partial charge in [0.2, 0.25) is 29.5 Å². The lowest BCUT2D eigenvalue weighted by atomic mass is 9.92. The standard InChI is InChI=1S/C48H81N5O33S/c1-14-30(62)37(69)38(70)48(77-14)75-12-23-41(32(64)25(43(71)78-23)49-15(2)57)84-46-28(52-18(5)60)35(67)42(24(82-46)13-76-87(72,73)74-8)85-45-26(50-16(3)58)33(65)39(21(10-55)80-45)83-44-27(51-17(4)59)34(66)40(22(11-56)81-44)86-47-29(53(7)19(6)61)36(68)31(63)20(9-54)79-47/h14,20-48,54-56,62-71H,9-13H2,1-8H3,(H,49,57)(H,50,58)(H,51,59)(H,52,60). The molecule has 502 valence electrons. The molecule has 0 aromatic heterocycles. The number of aliphatic hydroxyl groups is 13. The first-order valence-electron chi connectivity index (χ1n) is 27.4. The molecule has 0 aromatic carbocycles. The topological polar surface area (TPSA) is 554 Å². The summed E-state index contributed by atoms with van der Waals surface area (Å²) in [7, 11) is -2.97. The Balaban J connectivity index is 1.30. The maximum Gasteiger partial charge on any atom is 0.399 e. The third-order valence-corrected chi connectivity index (χ3v) is 16.2. The Morgan fingerprint density at radius 2 is 0.828 bits per heavy atom. The third-order valence-electron chi connectivity index (χ3n) is 15.3. The van der Waals surface area contributed by atoms with Crippen molar-refractivity contribution in [3.8, 4) is 0 Å². The SMILES string of the molecule is COS(=O)(=O)OCC1OC(OC2C(COC3OC(C)C(O)C(O)C3O)OC(O)C(NC(C)=O)C2O)C(NC(C)=O)C(O)C1OC1OC(CO)C(OC2OC(CO)C(OC3OC(CO)C(O)C(O)C3N(C)C(C)=O)C(O)C2NC(C)=O)C(O)C1NC(C)=O. The summed E-state index contributed by atoms with van der Waals surface area (Å²) >= 11 is 0. The second-order valence-corrected chi connectivity index (χ2v) is 22.9. The molecule has 6 fully saturated rings. The summed E-state index contributed by atoms with van der Waals surface area (Å²) in [6.45, 7) is 1.48. The molecule has 6 aliphatic rings. The first-order valence-corrected chi connectivity index (χ1v) is 28.7. The zero-order chi connectivity index (χ0) is 64.8. The number of amides is 5. The van der Waals surface area contributed by atoms with Crippen molar-refractivity contribution in [1.29, 1.82) is 0 Å². The maximum atomic E-state index is 12.9. The van der Waals surface area contributed by atoms with Gasteiger partial charge in [-0.3, -0.25) is 28.2 Å². The molecule has 0 aromatic rings. The van der Waals surface area contributed by atoms with Gasteiger partial charge in [-0.15, -0.1) is 0 Å². The Morgan fingerprint density at radius 3 is 1.24 bits per heavy atom. The van der Waals surface area contributed by atoms with Crippen LogP contribution in [0.1, 0.15) is 41.5 Å². The van der Waals surface area contributed by atoms with Crippen molar-refractivity contribution < 1.29 is 159 Å². The van der Waals surface area contributed by atoms with Gasteiger partial charge >= 0.3 is 10.4 Å². The monoisotopic (exact) mass is 1290 g/mol. The van der Waals surface area contributed by atoms with Crippen molar-refractivity contribution in [2.24, 2.45) is 0 Å². The smallest absolute Gasteiger partial charge is 0.394 e. The van der Waals surface area contributed by atoms with E-state index in [1.165, 1.54) is 14.0 Å². The fourth-order valence-corrected chi connectivity index (χ4v) is 11.2. The summed E-state index contributed by atoms with van der Waals surface area (Å²) in [5.74, 6) is -4.11. The fraction of sp³-hybridized carbons (Fsp3) is 0.896. The van der Waals surface area contributed by atoms with E-state index in [1.807, 2.05) is 0 Å². The van der Waals surface area contributed by atoms with E-state index < -0.39 is 257 Å². The minimum atomic E-state index is -4.91. The number of likely N-dealkylation sites (N-methyl/N-ethyl adjacent to an activating group) is 1. The largest absolute Gasteiger partial charge is 0.399 e. The predicted molar refractivity (Wildman–Crippen MR) is 275 cm³/mol. The normalized spacial score (nSPS) is 43.6. The Bertz CT molecular complexity index is 2410. The van der Waals surface area contributed by atoms with Crippen LogP contribution in [0.3, 0.4) is 0 Å². The molecule has 0 aliphatic carbocycles. The molecular formula is C48H81N5O33S. The molecule has 0 radical (unpaired) electrons. The molecule has 6 aliphatic heterocycles. The van der Waals surface area contributed by atoms with Crippen molar-refractivity contribution in [2.45, 2.75) is 225 Å². The van der Waals surface area contributed by atoms with Crippen LogP contribution in [0.5, 0.6) is 0 Å². The number of hydrogen-bond donors (Lipinski definition) is 17. The van der Waals surface area contributed by atoms with Gasteiger partial charge in [0, 0.05) is 41.7 Å². The quantitative estimate of drug-likeness (QED) is 0.0452. The number of rotatable bonds is 23. The highest BCUT2D eigenvalue weighted by atomic mass is 32.3. The average Bonchev–Trinajstić information content (AvgIpc) is 2.95. The van der Waals surface area contributed by atoms with Gasteiger partial charge in [0.25, 0.3) is 0 Å². The maximum absolute atomic E-state index is 12.9. The van der Waals surface area contributed by atoms with E-state index in [0.717, 1.165) is 39.5 Å². The van der Waals surface area contributed by atoms with Crippen LogP contribution in [0.25, 0.3) is 0 Å². The van der Waals surface area contributed by atoms with Crippen LogP contribution in [0.15, 0.2) is 0 Å². The van der Waals surface area contributed by atoms with Crippen LogP contribution in [-0.2, 0) is 94.8 Å². The van der Waals surface area contributed by atoms with Gasteiger partial charge < -0.3 is 145 Å². The van der Waals surface area contributed by atoms with E-state index in [-0.39, 0.29) is 0 Å². The number of hydrogen-bond acceptors (Lipinski definition) is 33. The first-order chi connectivity index (χ1) is 40.8. The van der Waals surface area contributed by atoms with Gasteiger partial charge in [0.1, 0.15) is 140 Å². The molecule has 5 amide bonds. The molecule has 30 unspecified atom stereocenters. The minimum absolute atomic E-state index is 0.656. The van der Waals surface area contributed by atoms with Crippen molar-refractivity contribution in [3.63, 3.8) is 0 Å². The molecule has 0 saturated carbocycles. The van der Waals surface area contributed by atoms with E-state index in [9.17, 15) is 98.8 Å². The van der Waals surface area contributed by atoms with Crippen LogP contribution >= 0.6 is 0 Å². The van der Waals surface area contributed by atoms with Gasteiger partial charge in [-0.05, 0) is 6.92 Å². The van der Waals surface area contributed by atoms with Crippen LogP contribution in [-0.4, -0.2) is 340 Å². The summed E-state index contributed by atoms with van der Waals surface area (Å²) in [6, 6.07) is -8.75. The zero-order valence-electron chi connectivity index (χ0n) is 48.2. The molecule has 39 heteroatoms. The van der Waals surface area contributed by atoms with Crippen molar-refractivity contribution >= 4 is 39.9 Å². The summed E-state index contributed by atoms with van der Waals surface area (Å²) < 4.78 is 100. The number of aliphatic hydroxyl groups excluding tert-OH is 13. The highest BCUT2D eigenvalue weighted by Crippen LogP contribution is 2.37. The third kappa shape index (κ3) is 17.1. The Morgan fingerprint density at radius 1 is 0.448 bits per heavy atom. The van der Waals surface area contributed by atoms with Gasteiger partial charge in [-0.1, -0.05) is 0 Å². The lowest BCUT2D eigenvalue weighted by Crippen LogP contribution is -2.72. The molecule has 30 atom stereocenters. The zero-order valence-corrected chi connectivity index (χ0v) is 49.0. The van der Waals surface area contributed by atoms with Crippen LogP contribution in [0.4, 0.5) is 0 Å². The molecule has 0 bridgehead atoms. The second-order valence-electron chi connectivity index (χ2n) is 21.5. The van der Waals surface area contributed by atoms with Crippen molar-refractivity contribution in [3.05, 3.63) is 0 Å². The van der Waals surface area contributed by atoms with Gasteiger partial charge in [-0.25, -0.2) is 4.18 Å². The number of carbonyl (C=O) groups is 5. The highest BCUT2D eigenvalue weighted by molar-refractivity contribution is 7.81. The van der Waals surface area contributed by atoms with Crippen LogP contribution in [0, 0.1) is 0 Å². The van der Waals surface area contributed by atoms with E-state index in [4.69, 9.17) is 56.3 Å². The van der Waals surface area contributed by atoms with Crippen LogP contribution in [0.2, 0.25) is 0 Å². The number of carbonyl (C=O) groups excluding carboxylic acids is 5. The number of ether oxygens (including phenoxy) is 11. The fourth-order valence-electron chi connectivity index (χ4n) is 10.8. The second kappa shape index (κ2) is 31.1. The lowest BCUT2D eigenvalue weighted by Gasteiger charge is -2.51. The van der Waals surface area contributed by atoms with Gasteiger partial charge in [-0.2, -0.15) is 8.42 Å². The molecule has 6 heterocycles. The van der Waals surface area contributed by atoms with Crippen molar-refractivity contribution in [2.75, 3.05) is 47.2 Å². The Labute approximate surface area is 496 Å². The summed E-state index contributed by atoms with van der Waals surface area (Å²) in [5, 5.41) is 153. The minimum Gasteiger partial charge on any atom is -0.394 e. The van der Waals surface area contributed by atoms with E-state index in [2.05, 4.69) is 25.5 Å². The number of nitrogens with one attached hydrogen (secondary N) is 4. The predicted octanol–water partition coefficient (Wildman–Crippen LogP) is -12.1. The molecule has 38 nitrogen and oxygen atoms in total. The average molecular weight is 1290 g/mol. The molecule has 0 spiro atoms. The summed E-state index contributed by atoms with van der Waals surface area (Å²) in [4.78, 5) is 64.4. The van der Waals surface area contributed by atoms with Crippen LogP contribution < -0.4 is 21.3 Å². The van der Waals surface area contributed by atoms with E-state index in [0.29, 0.717) is 7.11 Å². The summed E-state index contributed by atoms with van der Waals surface area (Å²) in [6.07, 6.45) is -46.2. The highest BCUT2D eigenvalue weighted by Gasteiger charge is 2.58.